The van der Waals surface area contributed by atoms with Gasteiger partial charge in [-0.3, -0.25) is 0 Å². The highest BCUT2D eigenvalue weighted by Gasteiger charge is 2.03. The van der Waals surface area contributed by atoms with E-state index in [0.29, 0.717) is 5.92 Å². The molecule has 1 unspecified atom stereocenters. The monoisotopic (exact) mass is 194 g/mol. The molecule has 1 aromatic carbocycles. The molecule has 1 atom stereocenters. The fourth-order valence-electron chi connectivity index (χ4n) is 1.51. The second-order valence-electron chi connectivity index (χ2n) is 3.92. The van der Waals surface area contributed by atoms with Gasteiger partial charge in [0.05, 0.1) is 0 Å². The fraction of sp³-hybridized carbons (Fsp3) is 0.500. The van der Waals surface area contributed by atoms with Crippen molar-refractivity contribution in [3.8, 4) is 0 Å². The topological polar surface area (TPSA) is 0 Å². The minimum Gasteiger partial charge on any atom is -0.179 e. The molecule has 0 N–H and O–H groups in total. The molecule has 0 nitrogen and oxygen atoms in total. The van der Waals surface area contributed by atoms with Crippen molar-refractivity contribution in [3.63, 3.8) is 0 Å². The SMILES string of the molecule is Cc1ccc(CC(C)CS)c(C)c1. The summed E-state index contributed by atoms with van der Waals surface area (Å²) in [7, 11) is 0. The van der Waals surface area contributed by atoms with Crippen LogP contribution in [0, 0.1) is 19.8 Å². The Morgan fingerprint density at radius 2 is 2.00 bits per heavy atom. The molecule has 0 aliphatic rings. The Hall–Kier alpha value is -0.430. The van der Waals surface area contributed by atoms with Gasteiger partial charge < -0.3 is 0 Å². The Morgan fingerprint density at radius 3 is 2.54 bits per heavy atom. The largest absolute Gasteiger partial charge is 0.179 e. The van der Waals surface area contributed by atoms with Gasteiger partial charge in [-0.25, -0.2) is 0 Å². The molecule has 0 aliphatic carbocycles. The third-order valence-corrected chi connectivity index (χ3v) is 3.00. The smallest absolute Gasteiger partial charge is 0.00690 e. The van der Waals surface area contributed by atoms with Crippen LogP contribution in [0.2, 0.25) is 0 Å². The van der Waals surface area contributed by atoms with Gasteiger partial charge in [0.1, 0.15) is 0 Å². The lowest BCUT2D eigenvalue weighted by molar-refractivity contribution is 0.658. The van der Waals surface area contributed by atoms with Crippen LogP contribution < -0.4 is 0 Å². The third kappa shape index (κ3) is 3.07. The number of rotatable bonds is 3. The molecular weight excluding hydrogens is 176 g/mol. The summed E-state index contributed by atoms with van der Waals surface area (Å²) in [4.78, 5) is 0. The van der Waals surface area contributed by atoms with E-state index in [1.165, 1.54) is 16.7 Å². The summed E-state index contributed by atoms with van der Waals surface area (Å²) in [6, 6.07) is 6.68. The van der Waals surface area contributed by atoms with E-state index in [4.69, 9.17) is 0 Å². The number of hydrogen-bond donors (Lipinski definition) is 1. The Morgan fingerprint density at radius 1 is 1.31 bits per heavy atom. The van der Waals surface area contributed by atoms with Crippen LogP contribution >= 0.6 is 12.6 Å². The van der Waals surface area contributed by atoms with Gasteiger partial charge in [0.15, 0.2) is 0 Å². The van der Waals surface area contributed by atoms with Gasteiger partial charge in [-0.05, 0) is 43.1 Å². The molecule has 0 bridgehead atoms. The van der Waals surface area contributed by atoms with E-state index < -0.39 is 0 Å². The van der Waals surface area contributed by atoms with Gasteiger partial charge >= 0.3 is 0 Å². The maximum absolute atomic E-state index is 4.30. The maximum atomic E-state index is 4.30. The van der Waals surface area contributed by atoms with Crippen LogP contribution in [0.5, 0.6) is 0 Å². The van der Waals surface area contributed by atoms with Gasteiger partial charge in [0, 0.05) is 0 Å². The first kappa shape index (κ1) is 10.6. The summed E-state index contributed by atoms with van der Waals surface area (Å²) in [5, 5.41) is 0. The second-order valence-corrected chi connectivity index (χ2v) is 4.29. The maximum Gasteiger partial charge on any atom is -0.00690 e. The van der Waals surface area contributed by atoms with Crippen LogP contribution in [0.3, 0.4) is 0 Å². The highest BCUT2D eigenvalue weighted by atomic mass is 32.1. The number of benzene rings is 1. The van der Waals surface area contributed by atoms with Crippen LogP contribution in [-0.4, -0.2) is 5.75 Å². The summed E-state index contributed by atoms with van der Waals surface area (Å²) in [6.45, 7) is 6.57. The molecule has 0 radical (unpaired) electrons. The molecule has 0 aliphatic heterocycles. The van der Waals surface area contributed by atoms with Crippen LogP contribution in [0.4, 0.5) is 0 Å². The van der Waals surface area contributed by atoms with Crippen LogP contribution in [0.25, 0.3) is 0 Å². The first-order valence-electron chi connectivity index (χ1n) is 4.80. The zero-order chi connectivity index (χ0) is 9.84. The van der Waals surface area contributed by atoms with Crippen molar-refractivity contribution in [2.75, 3.05) is 5.75 Å². The van der Waals surface area contributed by atoms with Crippen LogP contribution in [0.15, 0.2) is 18.2 Å². The van der Waals surface area contributed by atoms with E-state index in [-0.39, 0.29) is 0 Å². The molecule has 1 heteroatoms. The van der Waals surface area contributed by atoms with E-state index in [1.807, 2.05) is 0 Å². The Labute approximate surface area is 86.8 Å². The van der Waals surface area contributed by atoms with Gasteiger partial charge in [0.2, 0.25) is 0 Å². The fourth-order valence-corrected chi connectivity index (χ4v) is 1.64. The van der Waals surface area contributed by atoms with Crippen molar-refractivity contribution in [2.24, 2.45) is 5.92 Å². The minimum absolute atomic E-state index is 0.671. The lowest BCUT2D eigenvalue weighted by atomic mass is 9.97. The van der Waals surface area contributed by atoms with Crippen molar-refractivity contribution < 1.29 is 0 Å². The first-order chi connectivity index (χ1) is 6.13. The average molecular weight is 194 g/mol. The molecule has 0 amide bonds. The minimum atomic E-state index is 0.671. The Kier molecular flexibility index (Phi) is 3.86. The molecular formula is C12H18S. The Bertz CT molecular complexity index is 278. The number of hydrogen-bond acceptors (Lipinski definition) is 1. The first-order valence-corrected chi connectivity index (χ1v) is 5.43. The molecule has 13 heavy (non-hydrogen) atoms. The van der Waals surface area contributed by atoms with Crippen molar-refractivity contribution in [1.82, 2.24) is 0 Å². The molecule has 0 aromatic heterocycles. The van der Waals surface area contributed by atoms with E-state index in [9.17, 15) is 0 Å². The van der Waals surface area contributed by atoms with E-state index >= 15 is 0 Å². The number of aryl methyl sites for hydroxylation is 2. The van der Waals surface area contributed by atoms with E-state index in [2.05, 4.69) is 51.6 Å². The zero-order valence-corrected chi connectivity index (χ0v) is 9.57. The second kappa shape index (κ2) is 4.71. The molecule has 0 fully saturated rings. The molecule has 1 aromatic rings. The Balaban J connectivity index is 2.77. The highest BCUT2D eigenvalue weighted by Crippen LogP contribution is 2.15. The van der Waals surface area contributed by atoms with Gasteiger partial charge in [0.25, 0.3) is 0 Å². The summed E-state index contributed by atoms with van der Waals surface area (Å²) in [5.41, 5.74) is 4.22. The highest BCUT2D eigenvalue weighted by molar-refractivity contribution is 7.80. The summed E-state index contributed by atoms with van der Waals surface area (Å²) >= 11 is 4.30. The average Bonchev–Trinajstić information content (AvgIpc) is 2.09. The van der Waals surface area contributed by atoms with Crippen LogP contribution in [0.1, 0.15) is 23.6 Å². The molecule has 0 saturated carbocycles. The molecule has 1 rings (SSSR count). The van der Waals surface area contributed by atoms with Crippen molar-refractivity contribution in [2.45, 2.75) is 27.2 Å². The van der Waals surface area contributed by atoms with Gasteiger partial charge in [-0.15, -0.1) is 0 Å². The lowest BCUT2D eigenvalue weighted by Crippen LogP contribution is -2.02. The van der Waals surface area contributed by atoms with E-state index in [0.717, 1.165) is 12.2 Å². The summed E-state index contributed by atoms with van der Waals surface area (Å²) in [5.74, 6) is 1.64. The predicted octanol–water partition coefficient (Wildman–Crippen LogP) is 3.41. The van der Waals surface area contributed by atoms with Crippen LogP contribution in [-0.2, 0) is 6.42 Å². The summed E-state index contributed by atoms with van der Waals surface area (Å²) in [6.07, 6.45) is 1.15. The normalized spacial score (nSPS) is 12.9. The lowest BCUT2D eigenvalue weighted by Gasteiger charge is -2.11. The van der Waals surface area contributed by atoms with Crippen molar-refractivity contribution >= 4 is 12.6 Å². The molecule has 0 heterocycles. The molecule has 72 valence electrons. The molecule has 0 saturated heterocycles. The molecule has 0 spiro atoms. The van der Waals surface area contributed by atoms with Crippen molar-refractivity contribution in [1.29, 1.82) is 0 Å². The third-order valence-electron chi connectivity index (χ3n) is 2.38. The summed E-state index contributed by atoms with van der Waals surface area (Å²) < 4.78 is 0. The number of thiol groups is 1. The predicted molar refractivity (Wildman–Crippen MR) is 62.6 cm³/mol. The standard InChI is InChI=1S/C12H18S/c1-9-4-5-12(11(3)6-9)7-10(2)8-13/h4-6,10,13H,7-8H2,1-3H3. The van der Waals surface area contributed by atoms with Gasteiger partial charge in [-0.2, -0.15) is 12.6 Å². The van der Waals surface area contributed by atoms with Crippen molar-refractivity contribution in [3.05, 3.63) is 34.9 Å². The van der Waals surface area contributed by atoms with Gasteiger partial charge in [-0.1, -0.05) is 30.7 Å². The zero-order valence-electron chi connectivity index (χ0n) is 8.67. The quantitative estimate of drug-likeness (QED) is 0.700. The van der Waals surface area contributed by atoms with E-state index in [1.54, 1.807) is 0 Å².